The van der Waals surface area contributed by atoms with E-state index in [0.29, 0.717) is 0 Å². The van der Waals surface area contributed by atoms with Crippen molar-refractivity contribution in [3.05, 3.63) is 35.9 Å². The zero-order chi connectivity index (χ0) is 29.3. The fraction of sp³-hybridized carbons (Fsp3) is 0.767. The van der Waals surface area contributed by atoms with Gasteiger partial charge in [0.2, 0.25) is 0 Å². The van der Waals surface area contributed by atoms with Crippen molar-refractivity contribution in [2.24, 2.45) is 5.92 Å². The van der Waals surface area contributed by atoms with Gasteiger partial charge in [-0.25, -0.2) is 0 Å². The highest BCUT2D eigenvalue weighted by atomic mass is 28.4. The van der Waals surface area contributed by atoms with E-state index in [4.69, 9.17) is 23.1 Å². The summed E-state index contributed by atoms with van der Waals surface area (Å²) in [6.07, 6.45) is -2.70. The van der Waals surface area contributed by atoms with Crippen LogP contribution in [-0.4, -0.2) is 60.4 Å². The average molecular weight is 567 g/mol. The van der Waals surface area contributed by atoms with Gasteiger partial charge in [0, 0.05) is 7.11 Å². The van der Waals surface area contributed by atoms with Gasteiger partial charge in [0.25, 0.3) is 0 Å². The standard InChI is InChI=1S/C30H54O6Si2/c1-20(23-18-16-15-17-19-23)21(2)27(31)34-24-22(3)33-28(32-10)26(36-38(13,14)30(7,8)9)25(24)35-37(11,12)29(4,5)6/h15-22,24-26,28H,1-14H3/t20-,21+,22-,24-,25+,26-,28+/m1/s1. The van der Waals surface area contributed by atoms with Gasteiger partial charge in [-0.1, -0.05) is 85.7 Å². The normalized spacial score (nSPS) is 27.1. The van der Waals surface area contributed by atoms with Crippen LogP contribution < -0.4 is 0 Å². The van der Waals surface area contributed by atoms with Crippen LogP contribution in [0.2, 0.25) is 36.3 Å². The number of esters is 1. The number of ether oxygens (including phenoxy) is 3. The number of benzene rings is 1. The van der Waals surface area contributed by atoms with E-state index in [-0.39, 0.29) is 27.9 Å². The molecule has 1 aromatic carbocycles. The minimum atomic E-state index is -2.29. The second-order valence-corrected chi connectivity index (χ2v) is 23.5. The number of rotatable bonds is 9. The SMILES string of the molecule is CO[C@H]1O[C@H](C)[C@@H](OC(=O)[C@@H](C)[C@@H](C)c2ccccc2)[C@H](O[Si](C)(C)C(C)(C)C)[C@H]1O[Si](C)(C)C(C)(C)C. The zero-order valence-electron chi connectivity index (χ0n) is 26.4. The predicted octanol–water partition coefficient (Wildman–Crippen LogP) is 7.51. The summed E-state index contributed by atoms with van der Waals surface area (Å²) in [6.45, 7) is 28.1. The van der Waals surface area contributed by atoms with Crippen LogP contribution in [0.15, 0.2) is 30.3 Å². The molecule has 0 N–H and O–H groups in total. The van der Waals surface area contributed by atoms with Gasteiger partial charge in [0.1, 0.15) is 12.2 Å². The van der Waals surface area contributed by atoms with Crippen LogP contribution in [0.1, 0.15) is 73.8 Å². The van der Waals surface area contributed by atoms with Gasteiger partial charge in [-0.2, -0.15) is 0 Å². The van der Waals surface area contributed by atoms with Crippen LogP contribution in [-0.2, 0) is 27.9 Å². The molecule has 1 saturated heterocycles. The molecule has 0 amide bonds. The molecule has 0 unspecified atom stereocenters. The monoisotopic (exact) mass is 566 g/mol. The van der Waals surface area contributed by atoms with E-state index in [1.807, 2.05) is 32.0 Å². The lowest BCUT2D eigenvalue weighted by molar-refractivity contribution is -0.283. The van der Waals surface area contributed by atoms with Gasteiger partial charge in [0.05, 0.1) is 12.0 Å². The molecule has 1 fully saturated rings. The minimum Gasteiger partial charge on any atom is -0.457 e. The van der Waals surface area contributed by atoms with Gasteiger partial charge in [-0.3, -0.25) is 4.79 Å². The zero-order valence-corrected chi connectivity index (χ0v) is 28.4. The highest BCUT2D eigenvalue weighted by Gasteiger charge is 2.54. The predicted molar refractivity (Wildman–Crippen MR) is 159 cm³/mol. The van der Waals surface area contributed by atoms with E-state index in [1.54, 1.807) is 7.11 Å². The van der Waals surface area contributed by atoms with Gasteiger partial charge in [0.15, 0.2) is 29.0 Å². The topological polar surface area (TPSA) is 63.2 Å². The van der Waals surface area contributed by atoms with Crippen molar-refractivity contribution < 1.29 is 27.9 Å². The van der Waals surface area contributed by atoms with Crippen molar-refractivity contribution >= 4 is 22.6 Å². The third-order valence-corrected chi connectivity index (χ3v) is 18.1. The number of methoxy groups -OCH3 is 1. The lowest BCUT2D eigenvalue weighted by atomic mass is 9.89. The summed E-state index contributed by atoms with van der Waals surface area (Å²) >= 11 is 0. The van der Waals surface area contributed by atoms with E-state index >= 15 is 0 Å². The van der Waals surface area contributed by atoms with Gasteiger partial charge < -0.3 is 23.1 Å². The first-order chi connectivity index (χ1) is 17.2. The van der Waals surface area contributed by atoms with Crippen LogP contribution >= 0.6 is 0 Å². The lowest BCUT2D eigenvalue weighted by Crippen LogP contribution is -2.65. The van der Waals surface area contributed by atoms with Crippen molar-refractivity contribution in [1.29, 1.82) is 0 Å². The van der Waals surface area contributed by atoms with E-state index in [9.17, 15) is 4.79 Å². The maximum absolute atomic E-state index is 13.6. The molecule has 0 bridgehead atoms. The Morgan fingerprint density at radius 2 is 1.32 bits per heavy atom. The first-order valence-electron chi connectivity index (χ1n) is 14.0. The molecule has 1 aliphatic rings. The van der Waals surface area contributed by atoms with Gasteiger partial charge in [-0.15, -0.1) is 0 Å². The van der Waals surface area contributed by atoms with E-state index in [0.717, 1.165) is 5.56 Å². The molecule has 1 aliphatic heterocycles. The molecule has 0 saturated carbocycles. The van der Waals surface area contributed by atoms with Crippen LogP contribution in [0.25, 0.3) is 0 Å². The highest BCUT2D eigenvalue weighted by Crippen LogP contribution is 2.44. The first-order valence-corrected chi connectivity index (χ1v) is 19.8. The van der Waals surface area contributed by atoms with Crippen molar-refractivity contribution in [3.8, 4) is 0 Å². The Labute approximate surface area is 234 Å². The summed E-state index contributed by atoms with van der Waals surface area (Å²) in [5.41, 5.74) is 1.11. The lowest BCUT2D eigenvalue weighted by Gasteiger charge is -2.51. The fourth-order valence-corrected chi connectivity index (χ4v) is 6.69. The molecule has 218 valence electrons. The van der Waals surface area contributed by atoms with Crippen molar-refractivity contribution in [3.63, 3.8) is 0 Å². The maximum atomic E-state index is 13.6. The van der Waals surface area contributed by atoms with Crippen molar-refractivity contribution in [1.82, 2.24) is 0 Å². The van der Waals surface area contributed by atoms with Crippen LogP contribution in [0, 0.1) is 5.92 Å². The summed E-state index contributed by atoms with van der Waals surface area (Å²) in [5.74, 6) is -0.583. The summed E-state index contributed by atoms with van der Waals surface area (Å²) in [6, 6.07) is 10.1. The molecule has 0 radical (unpaired) electrons. The van der Waals surface area contributed by atoms with E-state index in [2.05, 4.69) is 86.8 Å². The molecule has 1 heterocycles. The first kappa shape index (κ1) is 33.2. The fourth-order valence-electron chi connectivity index (χ4n) is 4.11. The Hall–Kier alpha value is -1.04. The third-order valence-electron chi connectivity index (χ3n) is 9.13. The Morgan fingerprint density at radius 3 is 1.76 bits per heavy atom. The highest BCUT2D eigenvalue weighted by molar-refractivity contribution is 6.74. The van der Waals surface area contributed by atoms with Gasteiger partial charge >= 0.3 is 5.97 Å². The Bertz CT molecular complexity index is 906. The maximum Gasteiger partial charge on any atom is 0.309 e. The average Bonchev–Trinajstić information content (AvgIpc) is 2.80. The molecule has 1 aromatic rings. The van der Waals surface area contributed by atoms with Gasteiger partial charge in [-0.05, 0) is 54.7 Å². The number of carbonyl (C=O) groups is 1. The minimum absolute atomic E-state index is 0.00859. The molecule has 0 aliphatic carbocycles. The van der Waals surface area contributed by atoms with E-state index in [1.165, 1.54) is 0 Å². The van der Waals surface area contributed by atoms with Crippen LogP contribution in [0.4, 0.5) is 0 Å². The van der Waals surface area contributed by atoms with Crippen LogP contribution in [0.3, 0.4) is 0 Å². The second kappa shape index (κ2) is 12.2. The number of carbonyl (C=O) groups excluding carboxylic acids is 1. The molecule has 7 atom stereocenters. The molecule has 38 heavy (non-hydrogen) atoms. The van der Waals surface area contributed by atoms with Crippen molar-refractivity contribution in [2.45, 2.75) is 135 Å². The summed E-state index contributed by atoms with van der Waals surface area (Å²) in [7, 11) is -2.91. The quantitative estimate of drug-likeness (QED) is 0.228. The summed E-state index contributed by atoms with van der Waals surface area (Å²) in [5, 5.41) is -0.0655. The second-order valence-electron chi connectivity index (χ2n) is 14.0. The Kier molecular flexibility index (Phi) is 10.7. The molecule has 0 spiro atoms. The molecule has 0 aromatic heterocycles. The molecule has 2 rings (SSSR count). The number of hydrogen-bond acceptors (Lipinski definition) is 6. The number of hydrogen-bond donors (Lipinski definition) is 0. The Balaban J connectivity index is 2.47. The molecular formula is C30H54O6Si2. The summed E-state index contributed by atoms with van der Waals surface area (Å²) < 4.78 is 32.5. The largest absolute Gasteiger partial charge is 0.457 e. The third kappa shape index (κ3) is 7.58. The van der Waals surface area contributed by atoms with E-state index < -0.39 is 47.3 Å². The summed E-state index contributed by atoms with van der Waals surface area (Å²) in [4.78, 5) is 13.6. The molecule has 8 heteroatoms. The van der Waals surface area contributed by atoms with Crippen molar-refractivity contribution in [2.75, 3.05) is 7.11 Å². The Morgan fingerprint density at radius 1 is 0.842 bits per heavy atom. The molecule has 6 nitrogen and oxygen atoms in total. The molecular weight excluding hydrogens is 512 g/mol. The van der Waals surface area contributed by atoms with Crippen LogP contribution in [0.5, 0.6) is 0 Å². The smallest absolute Gasteiger partial charge is 0.309 e.